The number of likely N-dealkylation sites (N-methyl/N-ethyl adjacent to an activating group) is 1. The van der Waals surface area contributed by atoms with Crippen molar-refractivity contribution >= 4 is 15.8 Å². The number of rotatable bonds is 9. The summed E-state index contributed by atoms with van der Waals surface area (Å²) in [5, 5.41) is 8.09. The zero-order valence-electron chi connectivity index (χ0n) is 21.5. The molecular weight excluding hydrogens is 511 g/mol. The number of ether oxygens (including phenoxy) is 2. The van der Waals surface area contributed by atoms with Crippen LogP contribution in [-0.2, 0) is 14.6 Å². The Morgan fingerprint density at radius 2 is 1.71 bits per heavy atom. The zero-order valence-corrected chi connectivity index (χ0v) is 22.3. The van der Waals surface area contributed by atoms with Gasteiger partial charge in [0.2, 0.25) is 9.84 Å². The van der Waals surface area contributed by atoms with E-state index in [1.807, 2.05) is 21.1 Å². The van der Waals surface area contributed by atoms with Crippen molar-refractivity contribution in [2.24, 2.45) is 0 Å². The van der Waals surface area contributed by atoms with E-state index >= 15 is 0 Å². The van der Waals surface area contributed by atoms with Gasteiger partial charge >= 0.3 is 5.97 Å². The first-order valence-electron chi connectivity index (χ1n) is 11.7. The van der Waals surface area contributed by atoms with Gasteiger partial charge in [0.25, 0.3) is 0 Å². The Bertz CT molecular complexity index is 1560. The standard InChI is InChI=1S/C27H28FN4O5S/c1-32(2,3)16-17-37-27(33)19-12-14-20(15-13-19)38(34,35)25-11-6-5-8-21(25)23-18-31(30-29-23)26-22(28)9-7-10-24(26)36-4/h5-15,18H,16-17H2,1-4H3/q+1. The first kappa shape index (κ1) is 27.0. The predicted molar refractivity (Wildman–Crippen MR) is 138 cm³/mol. The number of sulfone groups is 1. The van der Waals surface area contributed by atoms with E-state index in [4.69, 9.17) is 9.47 Å². The fourth-order valence-corrected chi connectivity index (χ4v) is 5.15. The molecule has 0 spiro atoms. The fraction of sp³-hybridized carbons (Fsp3) is 0.222. The zero-order chi connectivity index (χ0) is 27.5. The van der Waals surface area contributed by atoms with Crippen molar-refractivity contribution in [3.63, 3.8) is 0 Å². The van der Waals surface area contributed by atoms with Gasteiger partial charge in [0.05, 0.1) is 49.8 Å². The number of aromatic nitrogens is 3. The molecule has 0 aliphatic rings. The number of quaternary nitrogens is 1. The van der Waals surface area contributed by atoms with E-state index in [0.29, 0.717) is 11.0 Å². The van der Waals surface area contributed by atoms with Crippen LogP contribution in [0.5, 0.6) is 5.75 Å². The van der Waals surface area contributed by atoms with E-state index in [1.54, 1.807) is 24.3 Å². The van der Waals surface area contributed by atoms with Gasteiger partial charge in [-0.05, 0) is 42.5 Å². The second-order valence-electron chi connectivity index (χ2n) is 9.51. The highest BCUT2D eigenvalue weighted by molar-refractivity contribution is 7.91. The molecule has 11 heteroatoms. The molecule has 0 saturated heterocycles. The van der Waals surface area contributed by atoms with E-state index in [2.05, 4.69) is 10.3 Å². The maximum absolute atomic E-state index is 14.5. The van der Waals surface area contributed by atoms with Gasteiger partial charge in [0.15, 0.2) is 5.82 Å². The second kappa shape index (κ2) is 10.7. The molecule has 4 rings (SSSR count). The Hall–Kier alpha value is -4.09. The molecule has 0 bridgehead atoms. The largest absolute Gasteiger partial charge is 0.494 e. The van der Waals surface area contributed by atoms with Crippen LogP contribution in [0.2, 0.25) is 0 Å². The van der Waals surface area contributed by atoms with Gasteiger partial charge in [0.1, 0.15) is 30.3 Å². The normalized spacial score (nSPS) is 11.8. The van der Waals surface area contributed by atoms with Crippen molar-refractivity contribution in [1.82, 2.24) is 15.0 Å². The van der Waals surface area contributed by atoms with Gasteiger partial charge in [0, 0.05) is 5.56 Å². The van der Waals surface area contributed by atoms with Crippen LogP contribution in [0.25, 0.3) is 16.9 Å². The molecule has 0 aliphatic heterocycles. The number of halogens is 1. The summed E-state index contributed by atoms with van der Waals surface area (Å²) in [6.07, 6.45) is 1.44. The molecule has 0 atom stereocenters. The van der Waals surface area contributed by atoms with Crippen LogP contribution in [0.4, 0.5) is 4.39 Å². The smallest absolute Gasteiger partial charge is 0.338 e. The van der Waals surface area contributed by atoms with E-state index in [-0.39, 0.29) is 44.7 Å². The van der Waals surface area contributed by atoms with Crippen molar-refractivity contribution in [3.05, 3.63) is 84.3 Å². The summed E-state index contributed by atoms with van der Waals surface area (Å²) in [6.45, 7) is 0.887. The van der Waals surface area contributed by atoms with Crippen molar-refractivity contribution < 1.29 is 31.6 Å². The Morgan fingerprint density at radius 1 is 1.00 bits per heavy atom. The molecule has 1 heterocycles. The first-order valence-corrected chi connectivity index (χ1v) is 13.2. The molecule has 3 aromatic carbocycles. The van der Waals surface area contributed by atoms with E-state index in [0.717, 1.165) is 0 Å². The average molecular weight is 540 g/mol. The molecule has 9 nitrogen and oxygen atoms in total. The molecule has 0 unspecified atom stereocenters. The van der Waals surface area contributed by atoms with Gasteiger partial charge in [-0.2, -0.15) is 0 Å². The number of methoxy groups -OCH3 is 1. The summed E-state index contributed by atoms with van der Waals surface area (Å²) in [4.78, 5) is 12.3. The number of hydrogen-bond acceptors (Lipinski definition) is 7. The molecule has 0 saturated carbocycles. The van der Waals surface area contributed by atoms with Gasteiger partial charge in [-0.25, -0.2) is 22.3 Å². The summed E-state index contributed by atoms with van der Waals surface area (Å²) in [6, 6.07) is 16.3. The monoisotopic (exact) mass is 539 g/mol. The van der Waals surface area contributed by atoms with Crippen LogP contribution in [0, 0.1) is 5.82 Å². The summed E-state index contributed by atoms with van der Waals surface area (Å²) in [5.41, 5.74) is 0.822. The number of hydrogen-bond donors (Lipinski definition) is 0. The summed E-state index contributed by atoms with van der Waals surface area (Å²) >= 11 is 0. The highest BCUT2D eigenvalue weighted by Crippen LogP contribution is 2.32. The number of nitrogens with zero attached hydrogens (tertiary/aromatic N) is 4. The Balaban J connectivity index is 1.62. The van der Waals surface area contributed by atoms with Gasteiger partial charge in [-0.1, -0.05) is 29.5 Å². The molecule has 0 amide bonds. The lowest BCUT2D eigenvalue weighted by Crippen LogP contribution is -2.38. The lowest BCUT2D eigenvalue weighted by molar-refractivity contribution is -0.870. The van der Waals surface area contributed by atoms with Crippen LogP contribution in [0.3, 0.4) is 0 Å². The van der Waals surface area contributed by atoms with Crippen LogP contribution in [0.15, 0.2) is 82.7 Å². The predicted octanol–water partition coefficient (Wildman–Crippen LogP) is 3.78. The molecular formula is C27H28FN4O5S+. The SMILES string of the molecule is COc1cccc(F)c1-n1cc(-c2ccccc2S(=O)(=O)c2ccc(C(=O)OCC[N+](C)(C)C)cc2)nn1. The Morgan fingerprint density at radius 3 is 2.39 bits per heavy atom. The van der Waals surface area contributed by atoms with Crippen LogP contribution < -0.4 is 4.74 Å². The van der Waals surface area contributed by atoms with Crippen LogP contribution in [0.1, 0.15) is 10.4 Å². The van der Waals surface area contributed by atoms with E-state index < -0.39 is 21.6 Å². The quantitative estimate of drug-likeness (QED) is 0.236. The van der Waals surface area contributed by atoms with Crippen LogP contribution >= 0.6 is 0 Å². The van der Waals surface area contributed by atoms with Crippen molar-refractivity contribution in [1.29, 1.82) is 0 Å². The van der Waals surface area contributed by atoms with Gasteiger partial charge in [-0.3, -0.25) is 0 Å². The lowest BCUT2D eigenvalue weighted by Gasteiger charge is -2.23. The third-order valence-electron chi connectivity index (χ3n) is 5.74. The summed E-state index contributed by atoms with van der Waals surface area (Å²) in [7, 11) is 3.37. The number of carbonyl (C=O) groups is 1. The Labute approximate surface area is 220 Å². The molecule has 0 radical (unpaired) electrons. The molecule has 1 aromatic heterocycles. The molecule has 0 N–H and O–H groups in total. The van der Waals surface area contributed by atoms with Crippen LogP contribution in [-0.4, -0.2) is 75.3 Å². The third kappa shape index (κ3) is 5.74. The van der Waals surface area contributed by atoms with E-state index in [9.17, 15) is 17.6 Å². The minimum absolute atomic E-state index is 0.00368. The fourth-order valence-electron chi connectivity index (χ4n) is 3.68. The minimum Gasteiger partial charge on any atom is -0.494 e. The number of benzene rings is 3. The lowest BCUT2D eigenvalue weighted by atomic mass is 10.2. The summed E-state index contributed by atoms with van der Waals surface area (Å²) in [5.74, 6) is -0.848. The second-order valence-corrected chi connectivity index (χ2v) is 11.4. The maximum atomic E-state index is 14.5. The maximum Gasteiger partial charge on any atom is 0.338 e. The average Bonchev–Trinajstić information content (AvgIpc) is 3.37. The van der Waals surface area contributed by atoms with E-state index in [1.165, 1.54) is 60.5 Å². The minimum atomic E-state index is -4.00. The third-order valence-corrected chi connectivity index (χ3v) is 7.57. The first-order chi connectivity index (χ1) is 18.0. The Kier molecular flexibility index (Phi) is 7.61. The highest BCUT2D eigenvalue weighted by atomic mass is 32.2. The summed E-state index contributed by atoms with van der Waals surface area (Å²) < 4.78 is 54.1. The molecule has 4 aromatic rings. The molecule has 38 heavy (non-hydrogen) atoms. The molecule has 0 fully saturated rings. The van der Waals surface area contributed by atoms with Gasteiger partial charge in [-0.15, -0.1) is 5.10 Å². The highest BCUT2D eigenvalue weighted by Gasteiger charge is 2.24. The number of esters is 1. The topological polar surface area (TPSA) is 100 Å². The van der Waals surface area contributed by atoms with Crippen molar-refractivity contribution in [2.75, 3.05) is 41.4 Å². The molecule has 198 valence electrons. The van der Waals surface area contributed by atoms with Crippen molar-refractivity contribution in [3.8, 4) is 22.7 Å². The number of carbonyl (C=O) groups excluding carboxylic acids is 1. The molecule has 0 aliphatic carbocycles. The van der Waals surface area contributed by atoms with Crippen molar-refractivity contribution in [2.45, 2.75) is 9.79 Å². The van der Waals surface area contributed by atoms with Gasteiger partial charge < -0.3 is 14.0 Å². The number of para-hydroxylation sites is 1.